The number of carbonyl (C=O) groups excluding carboxylic acids is 2. The molecule has 0 aromatic heterocycles. The molecule has 35 heavy (non-hydrogen) atoms. The van der Waals surface area contributed by atoms with E-state index in [0.29, 0.717) is 17.0 Å². The van der Waals surface area contributed by atoms with Gasteiger partial charge in [-0.2, -0.15) is 5.10 Å². The first-order chi connectivity index (χ1) is 16.9. The molecule has 0 heterocycles. The summed E-state index contributed by atoms with van der Waals surface area (Å²) in [6, 6.07) is 16.1. The lowest BCUT2D eigenvalue weighted by Crippen LogP contribution is -2.21. The predicted octanol–water partition coefficient (Wildman–Crippen LogP) is 3.45. The van der Waals surface area contributed by atoms with Crippen LogP contribution < -0.4 is 20.2 Å². The average molecular weight is 480 g/mol. The highest BCUT2D eigenvalue weighted by atomic mass is 19.1. The van der Waals surface area contributed by atoms with Crippen LogP contribution in [0.5, 0.6) is 11.5 Å². The molecule has 0 aliphatic heterocycles. The Morgan fingerprint density at radius 1 is 1.06 bits per heavy atom. The molecule has 2 N–H and O–H groups in total. The van der Waals surface area contributed by atoms with E-state index in [-0.39, 0.29) is 30.0 Å². The van der Waals surface area contributed by atoms with E-state index in [1.165, 1.54) is 55.8 Å². The van der Waals surface area contributed by atoms with E-state index in [0.717, 1.165) is 0 Å². The normalized spacial score (nSPS) is 10.6. The topological polar surface area (TPSA) is 132 Å². The van der Waals surface area contributed by atoms with Crippen LogP contribution in [0.15, 0.2) is 71.8 Å². The molecule has 0 spiro atoms. The Morgan fingerprint density at radius 2 is 1.80 bits per heavy atom. The van der Waals surface area contributed by atoms with Gasteiger partial charge in [-0.15, -0.1) is 0 Å². The van der Waals surface area contributed by atoms with Crippen LogP contribution in [0.3, 0.4) is 0 Å². The van der Waals surface area contributed by atoms with Gasteiger partial charge in [0.2, 0.25) is 5.91 Å². The molecule has 3 aromatic rings. The van der Waals surface area contributed by atoms with Crippen molar-refractivity contribution in [2.75, 3.05) is 19.0 Å². The highest BCUT2D eigenvalue weighted by Gasteiger charge is 2.16. The number of halogens is 1. The molecule has 0 saturated carbocycles. The molecule has 0 fully saturated rings. The van der Waals surface area contributed by atoms with E-state index in [1.54, 1.807) is 24.3 Å². The van der Waals surface area contributed by atoms with Gasteiger partial charge in [0.15, 0.2) is 18.1 Å². The number of nitro benzene ring substituents is 1. The van der Waals surface area contributed by atoms with Crippen molar-refractivity contribution in [3.63, 3.8) is 0 Å². The fraction of sp³-hybridized carbons (Fsp3) is 0.125. The van der Waals surface area contributed by atoms with Gasteiger partial charge in [-0.05, 0) is 36.4 Å². The fourth-order valence-electron chi connectivity index (χ4n) is 3.04. The first-order valence-corrected chi connectivity index (χ1v) is 10.3. The largest absolute Gasteiger partial charge is 0.493 e. The molecule has 0 saturated heterocycles. The van der Waals surface area contributed by atoms with E-state index in [2.05, 4.69) is 15.8 Å². The monoisotopic (exact) mass is 480 g/mol. The van der Waals surface area contributed by atoms with Gasteiger partial charge in [-0.25, -0.2) is 9.82 Å². The number of amides is 2. The minimum atomic E-state index is -0.558. The molecule has 0 unspecified atom stereocenters. The summed E-state index contributed by atoms with van der Waals surface area (Å²) >= 11 is 0. The maximum atomic E-state index is 13.0. The van der Waals surface area contributed by atoms with Gasteiger partial charge in [-0.1, -0.05) is 24.3 Å². The van der Waals surface area contributed by atoms with Crippen LogP contribution in [0.1, 0.15) is 11.1 Å². The van der Waals surface area contributed by atoms with Gasteiger partial charge in [0.1, 0.15) is 5.82 Å². The lowest BCUT2D eigenvalue weighted by Gasteiger charge is -2.13. The molecule has 0 aliphatic rings. The zero-order valence-corrected chi connectivity index (χ0v) is 18.6. The summed E-state index contributed by atoms with van der Waals surface area (Å²) in [5.74, 6) is -0.926. The number of para-hydroxylation sites is 2. The number of nitro groups is 1. The Hall–Kier alpha value is -4.80. The molecule has 180 valence electrons. The molecule has 3 rings (SSSR count). The second-order valence-corrected chi connectivity index (χ2v) is 7.08. The second-order valence-electron chi connectivity index (χ2n) is 7.08. The van der Waals surface area contributed by atoms with Crippen LogP contribution in [0, 0.1) is 15.9 Å². The number of nitrogens with zero attached hydrogens (tertiary/aromatic N) is 2. The van der Waals surface area contributed by atoms with Crippen molar-refractivity contribution in [2.24, 2.45) is 5.10 Å². The lowest BCUT2D eigenvalue weighted by molar-refractivity contribution is -0.385. The van der Waals surface area contributed by atoms with Crippen molar-refractivity contribution in [2.45, 2.75) is 6.42 Å². The van der Waals surface area contributed by atoms with E-state index in [4.69, 9.17) is 9.47 Å². The van der Waals surface area contributed by atoms with Gasteiger partial charge in [0.25, 0.3) is 11.6 Å². The number of nitrogens with one attached hydrogen (secondary N) is 2. The molecule has 10 nitrogen and oxygen atoms in total. The van der Waals surface area contributed by atoms with Crippen LogP contribution in [0.25, 0.3) is 0 Å². The first-order valence-electron chi connectivity index (χ1n) is 10.3. The minimum absolute atomic E-state index is 0.158. The molecule has 0 radical (unpaired) electrons. The zero-order valence-electron chi connectivity index (χ0n) is 18.6. The minimum Gasteiger partial charge on any atom is -0.493 e. The van der Waals surface area contributed by atoms with Crippen molar-refractivity contribution in [1.82, 2.24) is 5.43 Å². The van der Waals surface area contributed by atoms with Gasteiger partial charge in [-0.3, -0.25) is 19.7 Å². The van der Waals surface area contributed by atoms with Crippen molar-refractivity contribution in [3.8, 4) is 11.5 Å². The van der Waals surface area contributed by atoms with E-state index in [9.17, 15) is 24.1 Å². The molecule has 3 aromatic carbocycles. The molecular weight excluding hydrogens is 459 g/mol. The van der Waals surface area contributed by atoms with Crippen LogP contribution in [-0.4, -0.2) is 36.7 Å². The van der Waals surface area contributed by atoms with E-state index >= 15 is 0 Å². The third kappa shape index (κ3) is 7.09. The number of rotatable bonds is 10. The zero-order chi connectivity index (χ0) is 25.2. The van der Waals surface area contributed by atoms with Gasteiger partial charge in [0.05, 0.1) is 24.7 Å². The highest BCUT2D eigenvalue weighted by molar-refractivity contribution is 5.92. The Balaban J connectivity index is 1.64. The average Bonchev–Trinajstić information content (AvgIpc) is 2.84. The summed E-state index contributed by atoms with van der Waals surface area (Å²) in [4.78, 5) is 35.0. The fourth-order valence-corrected chi connectivity index (χ4v) is 3.04. The summed E-state index contributed by atoms with van der Waals surface area (Å²) < 4.78 is 23.9. The molecule has 2 amide bonds. The van der Waals surface area contributed by atoms with Crippen LogP contribution in [0.4, 0.5) is 15.8 Å². The number of ether oxygens (including phenoxy) is 2. The number of benzene rings is 3. The second kappa shape index (κ2) is 11.9. The number of hydrogen-bond donors (Lipinski definition) is 2. The third-order valence-electron chi connectivity index (χ3n) is 4.64. The Kier molecular flexibility index (Phi) is 8.43. The van der Waals surface area contributed by atoms with Crippen molar-refractivity contribution in [3.05, 3.63) is 93.8 Å². The summed E-state index contributed by atoms with van der Waals surface area (Å²) in [5, 5.41) is 17.6. The molecule has 0 atom stereocenters. The summed E-state index contributed by atoms with van der Waals surface area (Å²) in [6.45, 7) is -0.372. The maximum Gasteiger partial charge on any atom is 0.273 e. The van der Waals surface area contributed by atoms with Crippen LogP contribution >= 0.6 is 0 Å². The molecule has 0 aliphatic carbocycles. The summed E-state index contributed by atoms with van der Waals surface area (Å²) in [7, 11) is 1.43. The standard InChI is InChI=1S/C24H21FN4O6/c1-34-21-8-4-6-17(24(21)35-15-23(31)27-19-11-9-18(25)10-12-19)14-26-28-22(30)13-16-5-2-3-7-20(16)29(32)33/h2-12,14H,13,15H2,1H3,(H,27,31)(H,28,30)/b26-14+. The Labute approximate surface area is 199 Å². The van der Waals surface area contributed by atoms with Gasteiger partial charge < -0.3 is 14.8 Å². The van der Waals surface area contributed by atoms with Gasteiger partial charge in [0, 0.05) is 22.9 Å². The number of carbonyl (C=O) groups is 2. The Morgan fingerprint density at radius 3 is 2.51 bits per heavy atom. The van der Waals surface area contributed by atoms with Crippen molar-refractivity contribution < 1.29 is 28.4 Å². The highest BCUT2D eigenvalue weighted by Crippen LogP contribution is 2.30. The third-order valence-corrected chi connectivity index (χ3v) is 4.64. The van der Waals surface area contributed by atoms with E-state index in [1.807, 2.05) is 0 Å². The lowest BCUT2D eigenvalue weighted by atomic mass is 10.1. The smallest absolute Gasteiger partial charge is 0.273 e. The number of hydrogen-bond acceptors (Lipinski definition) is 7. The quantitative estimate of drug-likeness (QED) is 0.260. The Bertz CT molecular complexity index is 1250. The van der Waals surface area contributed by atoms with Crippen LogP contribution in [0.2, 0.25) is 0 Å². The molecular formula is C24H21FN4O6. The van der Waals surface area contributed by atoms with Gasteiger partial charge >= 0.3 is 0 Å². The molecule has 11 heteroatoms. The number of hydrazone groups is 1. The van der Waals surface area contributed by atoms with Crippen molar-refractivity contribution >= 4 is 29.4 Å². The van der Waals surface area contributed by atoms with E-state index < -0.39 is 22.6 Å². The number of methoxy groups -OCH3 is 1. The van der Waals surface area contributed by atoms with Crippen molar-refractivity contribution in [1.29, 1.82) is 0 Å². The summed E-state index contributed by atoms with van der Waals surface area (Å²) in [5.41, 5.74) is 3.22. The SMILES string of the molecule is COc1cccc(/C=N/NC(=O)Cc2ccccc2[N+](=O)[O-])c1OCC(=O)Nc1ccc(F)cc1. The first kappa shape index (κ1) is 24.8. The summed E-state index contributed by atoms with van der Waals surface area (Å²) in [6.07, 6.45) is 1.06. The predicted molar refractivity (Wildman–Crippen MR) is 126 cm³/mol. The number of anilines is 1. The maximum absolute atomic E-state index is 13.0. The molecule has 0 bridgehead atoms. The van der Waals surface area contributed by atoms with Crippen LogP contribution in [-0.2, 0) is 16.0 Å².